The summed E-state index contributed by atoms with van der Waals surface area (Å²) in [7, 11) is 3.19. The van der Waals surface area contributed by atoms with Crippen LogP contribution in [0.25, 0.3) is 6.08 Å². The molecule has 0 saturated heterocycles. The summed E-state index contributed by atoms with van der Waals surface area (Å²) in [6.07, 6.45) is 3.14. The van der Waals surface area contributed by atoms with Crippen molar-refractivity contribution in [3.63, 3.8) is 0 Å². The highest BCUT2D eigenvalue weighted by atomic mass is 16.5. The maximum atomic E-state index is 12.2. The second-order valence-corrected chi connectivity index (χ2v) is 6.17. The van der Waals surface area contributed by atoms with Crippen LogP contribution in [0, 0.1) is 13.8 Å². The Hall–Kier alpha value is -3.08. The first-order chi connectivity index (χ1) is 12.4. The van der Waals surface area contributed by atoms with E-state index in [4.69, 9.17) is 4.74 Å². The molecule has 0 bridgehead atoms. The fraction of sp³-hybridized carbons (Fsp3) is 0.238. The fourth-order valence-electron chi connectivity index (χ4n) is 2.39. The Morgan fingerprint density at radius 3 is 2.65 bits per heavy atom. The van der Waals surface area contributed by atoms with Crippen LogP contribution in [0.1, 0.15) is 16.7 Å². The normalized spacial score (nSPS) is 10.6. The van der Waals surface area contributed by atoms with E-state index in [0.717, 1.165) is 28.1 Å². The zero-order valence-corrected chi connectivity index (χ0v) is 15.6. The molecule has 0 atom stereocenters. The molecule has 136 valence electrons. The van der Waals surface area contributed by atoms with Gasteiger partial charge in [0.2, 0.25) is 11.8 Å². The van der Waals surface area contributed by atoms with Gasteiger partial charge in [0.15, 0.2) is 0 Å². The van der Waals surface area contributed by atoms with E-state index in [9.17, 15) is 9.59 Å². The number of rotatable bonds is 6. The van der Waals surface area contributed by atoms with Gasteiger partial charge in [0.1, 0.15) is 5.75 Å². The quantitative estimate of drug-likeness (QED) is 0.811. The first-order valence-corrected chi connectivity index (χ1v) is 8.33. The van der Waals surface area contributed by atoms with Gasteiger partial charge < -0.3 is 15.0 Å². The van der Waals surface area contributed by atoms with Gasteiger partial charge in [-0.05, 0) is 54.8 Å². The van der Waals surface area contributed by atoms with Crippen LogP contribution in [0.4, 0.5) is 5.69 Å². The van der Waals surface area contributed by atoms with Crippen molar-refractivity contribution in [1.82, 2.24) is 4.90 Å². The topological polar surface area (TPSA) is 58.6 Å². The Morgan fingerprint density at radius 1 is 1.15 bits per heavy atom. The average Bonchev–Trinajstić information content (AvgIpc) is 2.62. The summed E-state index contributed by atoms with van der Waals surface area (Å²) in [5, 5.41) is 2.85. The third-order valence-electron chi connectivity index (χ3n) is 3.94. The monoisotopic (exact) mass is 352 g/mol. The van der Waals surface area contributed by atoms with Crippen molar-refractivity contribution >= 4 is 23.6 Å². The number of nitrogens with one attached hydrogen (secondary N) is 1. The minimum Gasteiger partial charge on any atom is -0.497 e. The summed E-state index contributed by atoms with van der Waals surface area (Å²) >= 11 is 0. The Morgan fingerprint density at radius 2 is 1.92 bits per heavy atom. The van der Waals surface area contributed by atoms with Crippen LogP contribution in [0.2, 0.25) is 0 Å². The third-order valence-corrected chi connectivity index (χ3v) is 3.94. The molecule has 0 aromatic heterocycles. The van der Waals surface area contributed by atoms with Crippen LogP contribution in [-0.4, -0.2) is 37.4 Å². The lowest BCUT2D eigenvalue weighted by Crippen LogP contribution is -2.34. The number of aryl methyl sites for hydroxylation is 2. The van der Waals surface area contributed by atoms with Crippen LogP contribution >= 0.6 is 0 Å². The average molecular weight is 352 g/mol. The van der Waals surface area contributed by atoms with Crippen molar-refractivity contribution in [3.05, 3.63) is 65.2 Å². The molecule has 0 aliphatic carbocycles. The maximum Gasteiger partial charge on any atom is 0.246 e. The Labute approximate surface area is 154 Å². The second kappa shape index (κ2) is 8.85. The lowest BCUT2D eigenvalue weighted by Gasteiger charge is -2.16. The number of anilines is 1. The number of carbonyl (C=O) groups is 2. The minimum atomic E-state index is -0.246. The number of nitrogens with zero attached hydrogens (tertiary/aromatic N) is 1. The van der Waals surface area contributed by atoms with Crippen molar-refractivity contribution in [2.45, 2.75) is 13.8 Å². The van der Waals surface area contributed by atoms with Crippen molar-refractivity contribution in [1.29, 1.82) is 0 Å². The van der Waals surface area contributed by atoms with Crippen molar-refractivity contribution in [3.8, 4) is 5.75 Å². The molecule has 0 spiro atoms. The van der Waals surface area contributed by atoms with E-state index in [1.807, 2.05) is 56.3 Å². The Kier molecular flexibility index (Phi) is 6.55. The molecular weight excluding hydrogens is 328 g/mol. The highest BCUT2D eigenvalue weighted by Gasteiger charge is 2.11. The molecule has 0 aliphatic rings. The number of methoxy groups -OCH3 is 1. The van der Waals surface area contributed by atoms with Gasteiger partial charge in [-0.2, -0.15) is 0 Å². The molecule has 0 unspecified atom stereocenters. The summed E-state index contributed by atoms with van der Waals surface area (Å²) in [5.41, 5.74) is 3.67. The van der Waals surface area contributed by atoms with Gasteiger partial charge in [0.25, 0.3) is 0 Å². The predicted molar refractivity (Wildman–Crippen MR) is 104 cm³/mol. The second-order valence-electron chi connectivity index (χ2n) is 6.17. The number of ether oxygens (including phenoxy) is 1. The van der Waals surface area contributed by atoms with Gasteiger partial charge in [-0.3, -0.25) is 9.59 Å². The molecule has 0 saturated carbocycles. The lowest BCUT2D eigenvalue weighted by molar-refractivity contribution is -0.129. The Bertz CT molecular complexity index is 828. The molecule has 0 fully saturated rings. The Balaban J connectivity index is 1.94. The largest absolute Gasteiger partial charge is 0.497 e. The van der Waals surface area contributed by atoms with E-state index >= 15 is 0 Å². The standard InChI is InChI=1S/C21H24N2O3/c1-15-8-9-16(2)19(12-15)22-20(24)14-23(3)21(25)11-10-17-6-5-7-18(13-17)26-4/h5-13H,14H2,1-4H3,(H,22,24)/b11-10+. The number of carbonyl (C=O) groups excluding carboxylic acids is 2. The molecule has 26 heavy (non-hydrogen) atoms. The molecular formula is C21H24N2O3. The predicted octanol–water partition coefficient (Wildman–Crippen LogP) is 3.42. The molecule has 2 aromatic rings. The van der Waals surface area contributed by atoms with Crippen molar-refractivity contribution in [2.24, 2.45) is 0 Å². The van der Waals surface area contributed by atoms with E-state index in [0.29, 0.717) is 0 Å². The zero-order chi connectivity index (χ0) is 19.1. The van der Waals surface area contributed by atoms with Crippen LogP contribution in [-0.2, 0) is 9.59 Å². The molecule has 0 heterocycles. The van der Waals surface area contributed by atoms with E-state index in [2.05, 4.69) is 5.32 Å². The minimum absolute atomic E-state index is 0.0192. The summed E-state index contributed by atoms with van der Waals surface area (Å²) < 4.78 is 5.15. The molecule has 0 radical (unpaired) electrons. The summed E-state index contributed by atoms with van der Waals surface area (Å²) in [5.74, 6) is 0.245. The highest BCUT2D eigenvalue weighted by Crippen LogP contribution is 2.16. The first-order valence-electron chi connectivity index (χ1n) is 8.33. The van der Waals surface area contributed by atoms with Crippen LogP contribution in [0.5, 0.6) is 5.75 Å². The lowest BCUT2D eigenvalue weighted by atomic mass is 10.1. The number of likely N-dealkylation sites (N-methyl/N-ethyl adjacent to an activating group) is 1. The van der Waals surface area contributed by atoms with Crippen LogP contribution in [0.3, 0.4) is 0 Å². The molecule has 5 nitrogen and oxygen atoms in total. The molecule has 5 heteroatoms. The van der Waals surface area contributed by atoms with Gasteiger partial charge in [0, 0.05) is 18.8 Å². The number of hydrogen-bond acceptors (Lipinski definition) is 3. The van der Waals surface area contributed by atoms with Crippen LogP contribution < -0.4 is 10.1 Å². The van der Waals surface area contributed by atoms with E-state index < -0.39 is 0 Å². The van der Waals surface area contributed by atoms with Crippen molar-refractivity contribution < 1.29 is 14.3 Å². The third kappa shape index (κ3) is 5.48. The van der Waals surface area contributed by atoms with E-state index in [1.165, 1.54) is 11.0 Å². The van der Waals surface area contributed by atoms with Gasteiger partial charge >= 0.3 is 0 Å². The van der Waals surface area contributed by atoms with E-state index in [-0.39, 0.29) is 18.4 Å². The first kappa shape index (κ1) is 19.2. The SMILES string of the molecule is COc1cccc(/C=C/C(=O)N(C)CC(=O)Nc2cc(C)ccc2C)c1. The smallest absolute Gasteiger partial charge is 0.246 e. The molecule has 2 aromatic carbocycles. The van der Waals surface area contributed by atoms with Gasteiger partial charge in [-0.15, -0.1) is 0 Å². The maximum absolute atomic E-state index is 12.2. The summed E-state index contributed by atoms with van der Waals surface area (Å²) in [6.45, 7) is 3.88. The molecule has 2 rings (SSSR count). The zero-order valence-electron chi connectivity index (χ0n) is 15.6. The van der Waals surface area contributed by atoms with Gasteiger partial charge in [-0.25, -0.2) is 0 Å². The number of amides is 2. The highest BCUT2D eigenvalue weighted by molar-refractivity contribution is 5.98. The number of benzene rings is 2. The van der Waals surface area contributed by atoms with E-state index in [1.54, 1.807) is 20.2 Å². The van der Waals surface area contributed by atoms with Gasteiger partial charge in [0.05, 0.1) is 13.7 Å². The van der Waals surface area contributed by atoms with Crippen molar-refractivity contribution in [2.75, 3.05) is 26.0 Å². The van der Waals surface area contributed by atoms with Gasteiger partial charge in [-0.1, -0.05) is 24.3 Å². The summed E-state index contributed by atoms with van der Waals surface area (Å²) in [6, 6.07) is 13.3. The van der Waals surface area contributed by atoms with Crippen LogP contribution in [0.15, 0.2) is 48.5 Å². The number of hydrogen-bond donors (Lipinski definition) is 1. The summed E-state index contributed by atoms with van der Waals surface area (Å²) in [4.78, 5) is 25.8. The molecule has 0 aliphatic heterocycles. The molecule has 2 amide bonds. The molecule has 1 N–H and O–H groups in total. The fourth-order valence-corrected chi connectivity index (χ4v) is 2.39.